The van der Waals surface area contributed by atoms with Gasteiger partial charge in [-0.2, -0.15) is 0 Å². The Kier molecular flexibility index (Phi) is 4.40. The van der Waals surface area contributed by atoms with Gasteiger partial charge in [0, 0.05) is 24.1 Å². The Morgan fingerprint density at radius 1 is 1.41 bits per heavy atom. The van der Waals surface area contributed by atoms with Crippen molar-refractivity contribution in [3.63, 3.8) is 0 Å². The SMILES string of the molecule is CCC(Cc1c(C)c2cc(NC)c(O)cc2oc1=O)C(=O)O. The van der Waals surface area contributed by atoms with Gasteiger partial charge in [0.2, 0.25) is 0 Å². The number of carboxylic acids is 1. The molecule has 1 unspecified atom stereocenters. The van der Waals surface area contributed by atoms with Crippen LogP contribution in [0.15, 0.2) is 21.3 Å². The second-order valence-corrected chi connectivity index (χ2v) is 5.26. The number of hydrogen-bond donors (Lipinski definition) is 3. The molecule has 1 aromatic heterocycles. The topological polar surface area (TPSA) is 99.8 Å². The van der Waals surface area contributed by atoms with E-state index in [1.807, 2.05) is 0 Å². The molecule has 0 aliphatic carbocycles. The number of anilines is 1. The fraction of sp³-hybridized carbons (Fsp3) is 0.375. The maximum Gasteiger partial charge on any atom is 0.339 e. The number of aromatic hydroxyl groups is 1. The van der Waals surface area contributed by atoms with Crippen LogP contribution >= 0.6 is 0 Å². The number of nitrogens with one attached hydrogen (secondary N) is 1. The van der Waals surface area contributed by atoms with E-state index >= 15 is 0 Å². The van der Waals surface area contributed by atoms with Gasteiger partial charge in [-0.25, -0.2) is 4.79 Å². The van der Waals surface area contributed by atoms with Gasteiger partial charge >= 0.3 is 11.6 Å². The highest BCUT2D eigenvalue weighted by molar-refractivity contribution is 5.87. The van der Waals surface area contributed by atoms with Crippen LogP contribution in [0.4, 0.5) is 5.69 Å². The van der Waals surface area contributed by atoms with Crippen molar-refractivity contribution in [2.45, 2.75) is 26.7 Å². The van der Waals surface area contributed by atoms with Crippen LogP contribution in [0.25, 0.3) is 11.0 Å². The molecule has 6 heteroatoms. The fourth-order valence-corrected chi connectivity index (χ4v) is 2.51. The Morgan fingerprint density at radius 2 is 2.09 bits per heavy atom. The molecule has 0 saturated heterocycles. The van der Waals surface area contributed by atoms with Gasteiger partial charge in [-0.15, -0.1) is 0 Å². The third-order valence-electron chi connectivity index (χ3n) is 3.97. The molecule has 2 aromatic rings. The number of carboxylic acid groups (broad SMARTS) is 1. The number of hydrogen-bond acceptors (Lipinski definition) is 5. The monoisotopic (exact) mass is 305 g/mol. The highest BCUT2D eigenvalue weighted by atomic mass is 16.4. The van der Waals surface area contributed by atoms with Crippen molar-refractivity contribution in [1.29, 1.82) is 0 Å². The average molecular weight is 305 g/mol. The van der Waals surface area contributed by atoms with E-state index < -0.39 is 17.5 Å². The van der Waals surface area contributed by atoms with E-state index in [0.29, 0.717) is 28.6 Å². The molecule has 1 atom stereocenters. The normalized spacial score (nSPS) is 12.3. The van der Waals surface area contributed by atoms with E-state index in [2.05, 4.69) is 5.32 Å². The van der Waals surface area contributed by atoms with Crippen LogP contribution in [0.3, 0.4) is 0 Å². The van der Waals surface area contributed by atoms with Crippen molar-refractivity contribution in [3.8, 4) is 5.75 Å². The van der Waals surface area contributed by atoms with Crippen molar-refractivity contribution in [1.82, 2.24) is 0 Å². The van der Waals surface area contributed by atoms with Crippen LogP contribution in [-0.2, 0) is 11.2 Å². The minimum absolute atomic E-state index is 0.0118. The minimum atomic E-state index is -0.928. The predicted octanol–water partition coefficient (Wildman–Crippen LogP) is 2.50. The summed E-state index contributed by atoms with van der Waals surface area (Å²) in [5.41, 5.74) is 1.30. The number of carbonyl (C=O) groups is 1. The maximum absolute atomic E-state index is 12.1. The summed E-state index contributed by atoms with van der Waals surface area (Å²) in [5, 5.41) is 22.5. The van der Waals surface area contributed by atoms with E-state index in [0.717, 1.165) is 0 Å². The first kappa shape index (κ1) is 15.9. The number of benzene rings is 1. The zero-order valence-corrected chi connectivity index (χ0v) is 12.8. The van der Waals surface area contributed by atoms with Crippen LogP contribution in [0, 0.1) is 12.8 Å². The van der Waals surface area contributed by atoms with Gasteiger partial charge in [-0.05, 0) is 31.4 Å². The summed E-state index contributed by atoms with van der Waals surface area (Å²) in [4.78, 5) is 23.3. The summed E-state index contributed by atoms with van der Waals surface area (Å²) in [6.07, 6.45) is 0.565. The van der Waals surface area contributed by atoms with Crippen LogP contribution < -0.4 is 10.9 Å². The molecule has 6 nitrogen and oxygen atoms in total. The lowest BCUT2D eigenvalue weighted by atomic mass is 9.94. The molecule has 0 bridgehead atoms. The quantitative estimate of drug-likeness (QED) is 0.580. The fourth-order valence-electron chi connectivity index (χ4n) is 2.51. The summed E-state index contributed by atoms with van der Waals surface area (Å²) in [5.74, 6) is -1.56. The number of phenols is 1. The lowest BCUT2D eigenvalue weighted by Gasteiger charge is -2.13. The van der Waals surface area contributed by atoms with Gasteiger partial charge in [-0.1, -0.05) is 6.92 Å². The third-order valence-corrected chi connectivity index (χ3v) is 3.97. The van der Waals surface area contributed by atoms with E-state index in [-0.39, 0.29) is 17.8 Å². The number of phenolic OH excluding ortho intramolecular Hbond substituents is 1. The Labute approximate surface area is 127 Å². The molecule has 0 saturated carbocycles. The Morgan fingerprint density at radius 3 is 2.64 bits per heavy atom. The van der Waals surface area contributed by atoms with Gasteiger partial charge in [0.25, 0.3) is 0 Å². The second-order valence-electron chi connectivity index (χ2n) is 5.26. The first-order valence-corrected chi connectivity index (χ1v) is 7.08. The number of fused-ring (bicyclic) bond motifs is 1. The molecule has 22 heavy (non-hydrogen) atoms. The lowest BCUT2D eigenvalue weighted by molar-refractivity contribution is -0.141. The van der Waals surface area contributed by atoms with Gasteiger partial charge in [0.15, 0.2) is 0 Å². The molecule has 1 heterocycles. The van der Waals surface area contributed by atoms with Crippen molar-refractivity contribution in [3.05, 3.63) is 33.7 Å². The van der Waals surface area contributed by atoms with Crippen LogP contribution in [0.2, 0.25) is 0 Å². The van der Waals surface area contributed by atoms with Crippen LogP contribution in [0.1, 0.15) is 24.5 Å². The van der Waals surface area contributed by atoms with Gasteiger partial charge in [-0.3, -0.25) is 4.79 Å². The average Bonchev–Trinajstić information content (AvgIpc) is 2.46. The summed E-state index contributed by atoms with van der Waals surface area (Å²) < 4.78 is 5.24. The first-order valence-electron chi connectivity index (χ1n) is 7.08. The Hall–Kier alpha value is -2.50. The Bertz CT molecular complexity index is 778. The summed E-state index contributed by atoms with van der Waals surface area (Å²) in [7, 11) is 1.67. The van der Waals surface area contributed by atoms with Crippen molar-refractivity contribution in [2.24, 2.45) is 5.92 Å². The third kappa shape index (κ3) is 2.77. The van der Waals surface area contributed by atoms with Crippen molar-refractivity contribution < 1.29 is 19.4 Å². The van der Waals surface area contributed by atoms with Gasteiger partial charge in [0.05, 0.1) is 11.6 Å². The molecule has 3 N–H and O–H groups in total. The summed E-state index contributed by atoms with van der Waals surface area (Å²) in [6, 6.07) is 3.07. The maximum atomic E-state index is 12.1. The summed E-state index contributed by atoms with van der Waals surface area (Å²) in [6.45, 7) is 3.54. The molecule has 118 valence electrons. The van der Waals surface area contributed by atoms with Crippen molar-refractivity contribution in [2.75, 3.05) is 12.4 Å². The second kappa shape index (κ2) is 6.09. The lowest BCUT2D eigenvalue weighted by Crippen LogP contribution is -2.21. The number of aryl methyl sites for hydroxylation is 1. The Balaban J connectivity index is 2.63. The van der Waals surface area contributed by atoms with E-state index in [1.165, 1.54) is 6.07 Å². The molecule has 1 aromatic carbocycles. The molecular formula is C16H19NO5. The molecule has 0 aliphatic heterocycles. The highest BCUT2D eigenvalue weighted by Gasteiger charge is 2.21. The first-order chi connectivity index (χ1) is 10.4. The summed E-state index contributed by atoms with van der Waals surface area (Å²) >= 11 is 0. The molecule has 0 radical (unpaired) electrons. The zero-order chi connectivity index (χ0) is 16.4. The van der Waals surface area contributed by atoms with Crippen LogP contribution in [0.5, 0.6) is 5.75 Å². The van der Waals surface area contributed by atoms with Gasteiger partial charge < -0.3 is 19.9 Å². The molecule has 0 spiro atoms. The molecule has 0 fully saturated rings. The number of aliphatic carboxylic acids is 1. The highest BCUT2D eigenvalue weighted by Crippen LogP contribution is 2.31. The van der Waals surface area contributed by atoms with Gasteiger partial charge in [0.1, 0.15) is 11.3 Å². The largest absolute Gasteiger partial charge is 0.506 e. The molecule has 2 rings (SSSR count). The molecular weight excluding hydrogens is 286 g/mol. The van der Waals surface area contributed by atoms with Crippen LogP contribution in [-0.4, -0.2) is 23.2 Å². The van der Waals surface area contributed by atoms with E-state index in [1.54, 1.807) is 27.0 Å². The zero-order valence-electron chi connectivity index (χ0n) is 12.8. The number of rotatable bonds is 5. The standard InChI is InChI=1S/C16H19NO5/c1-4-9(15(19)20)5-11-8(2)10-6-12(17-3)13(18)7-14(10)22-16(11)21/h6-7,9,17-18H,4-5H2,1-3H3,(H,19,20). The smallest absolute Gasteiger partial charge is 0.339 e. The predicted molar refractivity (Wildman–Crippen MR) is 83.6 cm³/mol. The van der Waals surface area contributed by atoms with E-state index in [9.17, 15) is 19.8 Å². The minimum Gasteiger partial charge on any atom is -0.506 e. The van der Waals surface area contributed by atoms with Crippen molar-refractivity contribution >= 4 is 22.6 Å². The molecule has 0 aliphatic rings. The molecule has 0 amide bonds. The van der Waals surface area contributed by atoms with E-state index in [4.69, 9.17) is 4.42 Å².